The molecule has 1 aliphatic heterocycles. The number of guanidine groups is 1. The molecule has 0 radical (unpaired) electrons. The Hall–Kier alpha value is -2.95. The van der Waals surface area contributed by atoms with Crippen molar-refractivity contribution in [3.8, 4) is 0 Å². The van der Waals surface area contributed by atoms with Crippen LogP contribution in [-0.4, -0.2) is 108 Å². The molecule has 80 heavy (non-hydrogen) atoms. The van der Waals surface area contributed by atoms with Gasteiger partial charge >= 0.3 is 0 Å². The molecule has 12 nitrogen and oxygen atoms in total. The summed E-state index contributed by atoms with van der Waals surface area (Å²) < 4.78 is 2.36. The molecule has 1 saturated heterocycles. The number of allylic oxidation sites excluding steroid dienone is 3. The van der Waals surface area contributed by atoms with Crippen LogP contribution in [0.25, 0.3) is 0 Å². The fourth-order valence-corrected chi connectivity index (χ4v) is 25.7. The van der Waals surface area contributed by atoms with Gasteiger partial charge < -0.3 is 46.5 Å². The Morgan fingerprint density at radius 3 is 2.54 bits per heavy atom. The summed E-state index contributed by atoms with van der Waals surface area (Å²) in [6.07, 6.45) is 21.9. The van der Waals surface area contributed by atoms with Crippen molar-refractivity contribution in [2.75, 3.05) is 25.9 Å². The number of imidazole rings is 1. The van der Waals surface area contributed by atoms with Gasteiger partial charge in [0, 0.05) is 77.5 Å². The van der Waals surface area contributed by atoms with Gasteiger partial charge in [0.25, 0.3) is 0 Å². The van der Waals surface area contributed by atoms with Crippen molar-refractivity contribution < 1.29 is 30.3 Å². The van der Waals surface area contributed by atoms with E-state index in [0.717, 1.165) is 62.2 Å². The van der Waals surface area contributed by atoms with E-state index in [1.807, 2.05) is 47.2 Å². The Morgan fingerprint density at radius 1 is 0.963 bits per heavy atom. The van der Waals surface area contributed by atoms with Crippen LogP contribution in [0.2, 0.25) is 0 Å². The van der Waals surface area contributed by atoms with E-state index in [0.29, 0.717) is 42.6 Å². The second-order valence-electron chi connectivity index (χ2n) is 29.3. The summed E-state index contributed by atoms with van der Waals surface area (Å²) in [5.41, 5.74) is 12.2. The number of aryl methyl sites for hydroxylation is 1. The van der Waals surface area contributed by atoms with E-state index in [1.165, 1.54) is 50.5 Å². The van der Waals surface area contributed by atoms with Gasteiger partial charge in [-0.25, -0.2) is 4.98 Å². The Kier molecular flexibility index (Phi) is 14.7. The van der Waals surface area contributed by atoms with Crippen LogP contribution in [0.1, 0.15) is 149 Å². The van der Waals surface area contributed by atoms with Gasteiger partial charge in [-0.3, -0.25) is 9.79 Å². The highest BCUT2D eigenvalue weighted by Crippen LogP contribution is 2.76. The van der Waals surface area contributed by atoms with Crippen LogP contribution < -0.4 is 16.4 Å². The maximum atomic E-state index is 15.6. The molecule has 2 heterocycles. The van der Waals surface area contributed by atoms with Gasteiger partial charge in [-0.2, -0.15) is 0 Å². The smallest absolute Gasteiger partial charge is 0.190 e. The molecule has 2 aromatic rings. The number of carbonyl (C=O) groups excluding carboxylic acids is 1. The zero-order chi connectivity index (χ0) is 55.8. The number of rotatable bonds is 9. The molecule has 436 valence electrons. The molecular weight excluding hydrogens is 1040 g/mol. The number of aliphatic hydroxyl groups excluding tert-OH is 4. The van der Waals surface area contributed by atoms with Crippen molar-refractivity contribution in [2.24, 2.45) is 103 Å². The van der Waals surface area contributed by atoms with Crippen LogP contribution in [0.4, 0.5) is 0 Å². The van der Waals surface area contributed by atoms with Crippen LogP contribution in [0, 0.1) is 92.7 Å². The minimum Gasteiger partial charge on any atom is -0.392 e. The van der Waals surface area contributed by atoms with Gasteiger partial charge in [0.2, 0.25) is 0 Å². The van der Waals surface area contributed by atoms with Crippen LogP contribution in [0.5, 0.6) is 0 Å². The van der Waals surface area contributed by atoms with Gasteiger partial charge in [-0.15, -0.1) is 0 Å². The molecule has 14 heteroatoms. The molecule has 1 spiro atoms. The normalized spacial score (nSPS) is 46.0. The standard InChI is InChI=1S/C66H94N6O6S2/c1-36(73)71-61(67)70-32-40-29-64(5)47-26-48(66(64,78)49-27-50(74)57-46(33-68-6)59(76)51(75)31-63(57,4)55(40)49)52(20-18-37-12-8-7-9-13-37)80-79-34-42(72-23-22-69-35-72)30-62(2,3)58-45-24-38-17-19-41-15-11-21-65(41,28-38)56(45)43-16-10-14-39-25-44(47)60(77)54(58)53(39)43/h7-9,12-13,22-23,27,35-36,38-42,44,46-48,51-52,54-57,59-60,68,73,75-78H,10-11,14-21,24-26,28-34H2,1-6H3,(H3,67,70,71). The van der Waals surface area contributed by atoms with Crippen molar-refractivity contribution >= 4 is 33.3 Å². The first kappa shape index (κ1) is 56.2. The van der Waals surface area contributed by atoms with Gasteiger partial charge in [-0.1, -0.05) is 108 Å². The third-order valence-corrected chi connectivity index (χ3v) is 27.8. The predicted octanol–water partition coefficient (Wildman–Crippen LogP) is 9.59. The number of carbonyl (C=O) groups is 1. The minimum absolute atomic E-state index is 0.0294. The van der Waals surface area contributed by atoms with Gasteiger partial charge in [0.1, 0.15) is 6.23 Å². The lowest BCUT2D eigenvalue weighted by Crippen LogP contribution is -2.68. The number of benzene rings is 1. The summed E-state index contributed by atoms with van der Waals surface area (Å²) >= 11 is 0. The lowest BCUT2D eigenvalue weighted by molar-refractivity contribution is -0.184. The fourth-order valence-electron chi connectivity index (χ4n) is 22.4. The molecule has 1 aromatic heterocycles. The summed E-state index contributed by atoms with van der Waals surface area (Å²) in [6.45, 7) is 11.9. The molecule has 7 saturated carbocycles. The van der Waals surface area contributed by atoms with Crippen LogP contribution >= 0.6 is 21.6 Å². The van der Waals surface area contributed by atoms with E-state index in [9.17, 15) is 20.4 Å². The first-order valence-electron chi connectivity index (χ1n) is 31.5. The van der Waals surface area contributed by atoms with Crippen LogP contribution in [-0.2, 0) is 11.2 Å². The topological polar surface area (TPSA) is 198 Å². The van der Waals surface area contributed by atoms with E-state index in [4.69, 9.17) is 10.7 Å². The van der Waals surface area contributed by atoms with E-state index in [2.05, 4.69) is 84.4 Å². The van der Waals surface area contributed by atoms with Gasteiger partial charge in [0.15, 0.2) is 11.7 Å². The molecule has 22 atom stereocenters. The van der Waals surface area contributed by atoms with E-state index < -0.39 is 58.7 Å². The summed E-state index contributed by atoms with van der Waals surface area (Å²) in [4.78, 5) is 25.3. The lowest BCUT2D eigenvalue weighted by Gasteiger charge is -2.65. The third-order valence-electron chi connectivity index (χ3n) is 24.8. The SMILES string of the molecule is CNCC1C(O)C(O)CC2(C)C3C(=CC(=O)C12)C1(O)C2CC(C4CC5CCCC6=C5C(C(=C5CC7CCC8CCCC8(C7)C65)C(C)(C)CC(n5ccnc5)CSSC2CCc2ccccc2)C4O)C1(C)CC3CN=C(N)NC(C)O. The molecule has 6 bridgehead atoms. The van der Waals surface area contributed by atoms with Crippen LogP contribution in [0.15, 0.2) is 88.0 Å². The van der Waals surface area contributed by atoms with Crippen molar-refractivity contribution in [3.05, 3.63) is 88.6 Å². The predicted molar refractivity (Wildman–Crippen MR) is 319 cm³/mol. The highest BCUT2D eigenvalue weighted by molar-refractivity contribution is 8.76. The van der Waals surface area contributed by atoms with Crippen molar-refractivity contribution in [1.29, 1.82) is 0 Å². The minimum atomic E-state index is -1.47. The largest absolute Gasteiger partial charge is 0.392 e. The molecule has 0 amide bonds. The van der Waals surface area contributed by atoms with E-state index in [-0.39, 0.29) is 71.0 Å². The van der Waals surface area contributed by atoms with Gasteiger partial charge in [0.05, 0.1) is 30.2 Å². The first-order chi connectivity index (χ1) is 38.3. The number of hydrogen-bond donors (Lipinski definition) is 8. The molecule has 13 rings (SSSR count). The summed E-state index contributed by atoms with van der Waals surface area (Å²) in [5.74, 6) is 0.857. The lowest BCUT2D eigenvalue weighted by atomic mass is 9.40. The number of aliphatic imine (C=N–C) groups is 1. The molecule has 10 aliphatic carbocycles. The highest BCUT2D eigenvalue weighted by Gasteiger charge is 2.75. The Morgan fingerprint density at radius 2 is 1.77 bits per heavy atom. The maximum Gasteiger partial charge on any atom is 0.190 e. The van der Waals surface area contributed by atoms with Crippen molar-refractivity contribution in [3.63, 3.8) is 0 Å². The van der Waals surface area contributed by atoms with Crippen molar-refractivity contribution in [1.82, 2.24) is 20.2 Å². The Bertz CT molecular complexity index is 2800. The number of aliphatic hydroxyl groups is 5. The molecular formula is C66H94N6O6S2. The number of nitrogens with two attached hydrogens (primary N) is 1. The van der Waals surface area contributed by atoms with Crippen molar-refractivity contribution in [2.45, 2.75) is 185 Å². The molecule has 11 aliphatic rings. The zero-order valence-corrected chi connectivity index (χ0v) is 50.2. The summed E-state index contributed by atoms with van der Waals surface area (Å²) in [7, 11) is 5.73. The first-order valence-corrected chi connectivity index (χ1v) is 33.9. The van der Waals surface area contributed by atoms with E-state index in [1.54, 1.807) is 29.2 Å². The van der Waals surface area contributed by atoms with Crippen LogP contribution in [0.3, 0.4) is 0 Å². The second kappa shape index (κ2) is 20.9. The average Bonchev–Trinajstić information content (AvgIpc) is 3.51. The molecule has 8 fully saturated rings. The summed E-state index contributed by atoms with van der Waals surface area (Å²) in [5, 5.41) is 70.1. The Labute approximate surface area is 484 Å². The number of hydrogen-bond acceptors (Lipinski definition) is 11. The van der Waals surface area contributed by atoms with E-state index >= 15 is 9.90 Å². The quantitative estimate of drug-likeness (QED) is 0.0390. The molecule has 1 aromatic carbocycles. The zero-order valence-electron chi connectivity index (χ0n) is 48.6. The second-order valence-corrected chi connectivity index (χ2v) is 31.9. The number of nitrogens with one attached hydrogen (secondary N) is 2. The average molecular weight is 1130 g/mol. The highest BCUT2D eigenvalue weighted by atomic mass is 33.1. The van der Waals surface area contributed by atoms with Gasteiger partial charge in [-0.05, 0) is 192 Å². The number of fused-ring (bicyclic) bond motifs is 14. The number of nitrogens with zero attached hydrogens (tertiary/aromatic N) is 3. The monoisotopic (exact) mass is 1130 g/mol. The summed E-state index contributed by atoms with van der Waals surface area (Å²) in [6, 6.07) is 10.9. The maximum absolute atomic E-state index is 15.6. The molecule has 22 unspecified atom stereocenters. The fraction of sp³-hybridized carbons (Fsp3) is 0.742. The number of ketones is 1. The molecule has 9 N–H and O–H groups in total. The Balaban J connectivity index is 1.02. The third kappa shape index (κ3) is 8.66. The number of aromatic nitrogens is 2.